The van der Waals surface area contributed by atoms with E-state index in [1.165, 1.54) is 12.0 Å². The van der Waals surface area contributed by atoms with Crippen LogP contribution < -0.4 is 0 Å². The molecule has 1 saturated heterocycles. The van der Waals surface area contributed by atoms with E-state index in [1.807, 2.05) is 0 Å². The van der Waals surface area contributed by atoms with Crippen molar-refractivity contribution in [1.29, 1.82) is 0 Å². The van der Waals surface area contributed by atoms with E-state index in [4.69, 9.17) is 4.74 Å². The van der Waals surface area contributed by atoms with Gasteiger partial charge in [-0.15, -0.1) is 0 Å². The summed E-state index contributed by atoms with van der Waals surface area (Å²) >= 11 is 0.921. The predicted octanol–water partition coefficient (Wildman–Crippen LogP) is 2.91. The van der Waals surface area contributed by atoms with Gasteiger partial charge < -0.3 is 4.74 Å². The zero-order valence-electron chi connectivity index (χ0n) is 13.9. The van der Waals surface area contributed by atoms with Crippen molar-refractivity contribution < 1.29 is 35.9 Å². The maximum Gasteiger partial charge on any atom is 0.435 e. The lowest BCUT2D eigenvalue weighted by Gasteiger charge is -2.16. The Labute approximate surface area is 152 Å². The number of ether oxygens (including phenoxy) is 1. The van der Waals surface area contributed by atoms with Crippen LogP contribution >= 0.6 is 11.3 Å². The molecule has 0 spiro atoms. The van der Waals surface area contributed by atoms with E-state index in [0.717, 1.165) is 11.3 Å². The Balaban J connectivity index is 1.85. The van der Waals surface area contributed by atoms with Crippen LogP contribution in [0.5, 0.6) is 0 Å². The number of rotatable bonds is 5. The van der Waals surface area contributed by atoms with Gasteiger partial charge in [0.25, 0.3) is 0 Å². The highest BCUT2D eigenvalue weighted by Gasteiger charge is 2.43. The molecule has 1 atom stereocenters. The minimum atomic E-state index is -4.76. The Morgan fingerprint density at radius 3 is 2.56 bits per heavy atom. The van der Waals surface area contributed by atoms with Gasteiger partial charge in [-0.1, -0.05) is 11.3 Å². The van der Waals surface area contributed by atoms with Crippen molar-refractivity contribution in [2.45, 2.75) is 31.9 Å². The number of Topliss-reactive ketones (excluding diaryl/α,β-unsaturated/α-hetero) is 1. The lowest BCUT2D eigenvalue weighted by molar-refractivity contribution is -0.150. The largest absolute Gasteiger partial charge is 0.435 e. The number of ketones is 1. The first kappa shape index (κ1) is 20.0. The highest BCUT2D eigenvalue weighted by Crippen LogP contribution is 2.35. The first-order chi connectivity index (χ1) is 12.5. The lowest BCUT2D eigenvalue weighted by atomic mass is 10.0. The molecule has 6 nitrogen and oxygen atoms in total. The van der Waals surface area contributed by atoms with Crippen molar-refractivity contribution in [3.63, 3.8) is 0 Å². The third-order valence-electron chi connectivity index (χ3n) is 4.02. The van der Waals surface area contributed by atoms with Crippen molar-refractivity contribution in [2.75, 3.05) is 20.2 Å². The number of halogens is 6. The van der Waals surface area contributed by atoms with Crippen molar-refractivity contribution >= 4 is 22.1 Å². The second kappa shape index (κ2) is 7.02. The number of nitrogens with zero attached hydrogens (tertiary/aromatic N) is 4. The minimum Gasteiger partial charge on any atom is -0.377 e. The number of carbonyl (C=O) groups excluding carboxylic acids is 1. The van der Waals surface area contributed by atoms with E-state index in [9.17, 15) is 31.1 Å². The molecular weight excluding hydrogens is 402 g/mol. The van der Waals surface area contributed by atoms with E-state index in [0.29, 0.717) is 9.52 Å². The summed E-state index contributed by atoms with van der Waals surface area (Å²) in [6.07, 6.45) is -10.6. The average Bonchev–Trinajstić information content (AvgIpc) is 3.10. The van der Waals surface area contributed by atoms with Gasteiger partial charge in [-0.05, 0) is 0 Å². The molecule has 1 aliphatic heterocycles. The van der Waals surface area contributed by atoms with Gasteiger partial charge >= 0.3 is 12.4 Å². The van der Waals surface area contributed by atoms with Gasteiger partial charge in [-0.25, -0.2) is 4.98 Å². The van der Waals surface area contributed by atoms with Crippen molar-refractivity contribution in [3.05, 3.63) is 16.4 Å². The predicted molar refractivity (Wildman–Crippen MR) is 81.0 cm³/mol. The van der Waals surface area contributed by atoms with Crippen LogP contribution in [-0.2, 0) is 28.9 Å². The molecule has 0 N–H and O–H groups in total. The molecule has 3 heterocycles. The van der Waals surface area contributed by atoms with E-state index < -0.39 is 36.2 Å². The summed E-state index contributed by atoms with van der Waals surface area (Å²) in [4.78, 5) is 16.9. The number of fused-ring (bicyclic) bond motifs is 1. The van der Waals surface area contributed by atoms with E-state index in [2.05, 4.69) is 10.1 Å². The molecule has 27 heavy (non-hydrogen) atoms. The quantitative estimate of drug-likeness (QED) is 0.702. The van der Waals surface area contributed by atoms with Crippen molar-refractivity contribution in [3.8, 4) is 0 Å². The van der Waals surface area contributed by atoms with Crippen LogP contribution in [0.3, 0.4) is 0 Å². The fourth-order valence-corrected chi connectivity index (χ4v) is 3.91. The second-order valence-corrected chi connectivity index (χ2v) is 7.22. The molecule has 0 aromatic carbocycles. The Morgan fingerprint density at radius 1 is 1.26 bits per heavy atom. The molecule has 2 aromatic heterocycles. The normalized spacial score (nSPS) is 19.5. The number of aromatic nitrogens is 3. The first-order valence-corrected chi connectivity index (χ1v) is 8.55. The first-order valence-electron chi connectivity index (χ1n) is 7.73. The van der Waals surface area contributed by atoms with Crippen molar-refractivity contribution in [1.82, 2.24) is 19.5 Å². The zero-order valence-corrected chi connectivity index (χ0v) is 14.7. The van der Waals surface area contributed by atoms with Gasteiger partial charge in [0.1, 0.15) is 5.01 Å². The van der Waals surface area contributed by atoms with Crippen LogP contribution in [0, 0.1) is 5.92 Å². The Hall–Kier alpha value is -1.73. The summed E-state index contributed by atoms with van der Waals surface area (Å²) in [5, 5.41) is 4.14. The highest BCUT2D eigenvalue weighted by atomic mass is 32.1. The molecule has 0 amide bonds. The Bertz CT molecular complexity index is 843. The van der Waals surface area contributed by atoms with Gasteiger partial charge in [-0.3, -0.25) is 9.69 Å². The summed E-state index contributed by atoms with van der Waals surface area (Å²) in [6, 6.07) is 0. The van der Waals surface area contributed by atoms with Crippen LogP contribution in [0.1, 0.15) is 22.8 Å². The molecular formula is C14H14F6N4O2S. The average molecular weight is 416 g/mol. The number of hydrogen-bond donors (Lipinski definition) is 0. The molecule has 3 rings (SSSR count). The van der Waals surface area contributed by atoms with Crippen LogP contribution in [0.4, 0.5) is 26.3 Å². The Kier molecular flexibility index (Phi) is 5.20. The maximum absolute atomic E-state index is 13.5. The third-order valence-corrected chi connectivity index (χ3v) is 4.90. The number of methoxy groups -OCH3 is 1. The molecule has 0 aliphatic carbocycles. The summed E-state index contributed by atoms with van der Waals surface area (Å²) in [7, 11) is 1.38. The second-order valence-electron chi connectivity index (χ2n) is 6.18. The van der Waals surface area contributed by atoms with E-state index in [1.54, 1.807) is 0 Å². The molecule has 1 unspecified atom stereocenters. The van der Waals surface area contributed by atoms with Gasteiger partial charge in [0.05, 0.1) is 25.3 Å². The highest BCUT2D eigenvalue weighted by molar-refractivity contribution is 7.16. The zero-order chi connectivity index (χ0) is 20.0. The smallest absolute Gasteiger partial charge is 0.377 e. The van der Waals surface area contributed by atoms with Gasteiger partial charge in [0, 0.05) is 26.1 Å². The molecule has 13 heteroatoms. The minimum absolute atomic E-state index is 0.00161. The number of likely N-dealkylation sites (tertiary alicyclic amines) is 1. The molecule has 2 aromatic rings. The Morgan fingerprint density at radius 2 is 1.96 bits per heavy atom. The summed E-state index contributed by atoms with van der Waals surface area (Å²) in [5.74, 6) is -1.91. The molecule has 150 valence electrons. The summed E-state index contributed by atoms with van der Waals surface area (Å²) < 4.78 is 83.5. The molecule has 0 bridgehead atoms. The number of imidazole rings is 1. The van der Waals surface area contributed by atoms with Crippen LogP contribution in [0.25, 0.3) is 4.96 Å². The van der Waals surface area contributed by atoms with Gasteiger partial charge in [0.2, 0.25) is 4.96 Å². The van der Waals surface area contributed by atoms with Crippen LogP contribution in [-0.4, -0.2) is 51.7 Å². The number of alkyl halides is 6. The fourth-order valence-electron chi connectivity index (χ4n) is 3.02. The van der Waals surface area contributed by atoms with Crippen LogP contribution in [0.15, 0.2) is 0 Å². The number of hydrogen-bond acceptors (Lipinski definition) is 6. The molecule has 1 aliphatic rings. The van der Waals surface area contributed by atoms with Crippen LogP contribution in [0.2, 0.25) is 0 Å². The fraction of sp³-hybridized carbons (Fsp3) is 0.643. The summed E-state index contributed by atoms with van der Waals surface area (Å²) in [5.41, 5.74) is -1.46. The summed E-state index contributed by atoms with van der Waals surface area (Å²) in [6.45, 7) is -0.959. The lowest BCUT2D eigenvalue weighted by Crippen LogP contribution is -2.24. The van der Waals surface area contributed by atoms with Crippen molar-refractivity contribution in [2.24, 2.45) is 5.92 Å². The molecule has 0 saturated carbocycles. The topological polar surface area (TPSA) is 59.7 Å². The number of carbonyl (C=O) groups is 1. The van der Waals surface area contributed by atoms with E-state index >= 15 is 0 Å². The third kappa shape index (κ3) is 4.41. The molecule has 1 fully saturated rings. The molecule has 0 radical (unpaired) electrons. The maximum atomic E-state index is 13.5. The monoisotopic (exact) mass is 416 g/mol. The van der Waals surface area contributed by atoms with Gasteiger partial charge in [0.15, 0.2) is 11.5 Å². The SMILES string of the molecule is COCc1nn2c(C(F)(F)F)c(CN3CC(=O)C(CC(F)(F)F)C3)nc2s1. The standard InChI is InChI=1S/C14H14F6N4O2S/c1-26-6-10-22-24-11(14(18,19)20)8(21-12(24)27-10)4-23-3-7(9(25)5-23)2-13(15,16)17/h7H,2-6H2,1H3. The van der Waals surface area contributed by atoms with Gasteiger partial charge in [-0.2, -0.15) is 36.0 Å². The van der Waals surface area contributed by atoms with E-state index in [-0.39, 0.29) is 36.9 Å².